The molecule has 1 fully saturated rings. The van der Waals surface area contributed by atoms with Crippen molar-refractivity contribution in [2.75, 3.05) is 11.6 Å². The van der Waals surface area contributed by atoms with E-state index in [-0.39, 0.29) is 35.9 Å². The molecule has 8 nitrogen and oxygen atoms in total. The van der Waals surface area contributed by atoms with E-state index in [2.05, 4.69) is 38.2 Å². The van der Waals surface area contributed by atoms with Gasteiger partial charge in [-0.05, 0) is 70.8 Å². The number of para-hydroxylation sites is 1. The fraction of sp³-hybridized carbons (Fsp3) is 0.433. The number of aryl methyl sites for hydroxylation is 2. The zero-order valence-electron chi connectivity index (χ0n) is 23.6. The summed E-state index contributed by atoms with van der Waals surface area (Å²) in [6, 6.07) is 9.58. The molecule has 0 aliphatic heterocycles. The first-order chi connectivity index (χ1) is 19.2. The lowest BCUT2D eigenvalue weighted by atomic mass is 9.82. The average Bonchev–Trinajstić information content (AvgIpc) is 3.41. The highest BCUT2D eigenvalue weighted by Crippen LogP contribution is 2.38. The Morgan fingerprint density at radius 2 is 1.95 bits per heavy atom. The van der Waals surface area contributed by atoms with Gasteiger partial charge in [-0.1, -0.05) is 18.2 Å². The van der Waals surface area contributed by atoms with Gasteiger partial charge in [0.25, 0.3) is 11.5 Å². The van der Waals surface area contributed by atoms with E-state index < -0.39 is 6.01 Å². The third kappa shape index (κ3) is 5.41. The van der Waals surface area contributed by atoms with Crippen molar-refractivity contribution in [3.8, 4) is 0 Å². The first kappa shape index (κ1) is 28.0. The maximum Gasteiger partial charge on any atom is 0.322 e. The van der Waals surface area contributed by atoms with Crippen LogP contribution >= 0.6 is 11.8 Å². The second kappa shape index (κ2) is 11.5. The number of halogens is 1. The van der Waals surface area contributed by atoms with E-state index in [4.69, 9.17) is 4.42 Å². The van der Waals surface area contributed by atoms with Crippen LogP contribution in [-0.4, -0.2) is 32.7 Å². The summed E-state index contributed by atoms with van der Waals surface area (Å²) in [7, 11) is 0. The van der Waals surface area contributed by atoms with Gasteiger partial charge in [0.15, 0.2) is 5.89 Å². The second-order valence-corrected chi connectivity index (χ2v) is 11.6. The van der Waals surface area contributed by atoms with E-state index in [0.29, 0.717) is 22.9 Å². The Bertz CT molecular complexity index is 1600. The summed E-state index contributed by atoms with van der Waals surface area (Å²) < 4.78 is 21.1. The zero-order chi connectivity index (χ0) is 28.6. The molecule has 212 valence electrons. The fourth-order valence-corrected chi connectivity index (χ4v) is 6.84. The summed E-state index contributed by atoms with van der Waals surface area (Å²) in [5, 5.41) is 7.12. The number of anilines is 1. The number of nitrogens with one attached hydrogen (secondary N) is 3. The number of aromatic amines is 1. The first-order valence-corrected chi connectivity index (χ1v) is 14.9. The minimum atomic E-state index is -0.662. The molecule has 1 saturated carbocycles. The van der Waals surface area contributed by atoms with Gasteiger partial charge in [-0.25, -0.2) is 0 Å². The Hall–Kier alpha value is -3.53. The van der Waals surface area contributed by atoms with E-state index in [9.17, 15) is 14.0 Å². The van der Waals surface area contributed by atoms with Crippen molar-refractivity contribution in [3.05, 3.63) is 75.1 Å². The molecule has 1 aliphatic carbocycles. The minimum Gasteiger partial charge on any atom is -0.414 e. The smallest absolute Gasteiger partial charge is 0.322 e. The predicted octanol–water partition coefficient (Wildman–Crippen LogP) is 6.27. The number of hydrogen-bond donors (Lipinski definition) is 3. The number of H-pyrrole nitrogens is 1. The number of thioether (sulfide) groups is 1. The van der Waals surface area contributed by atoms with Crippen molar-refractivity contribution in [2.24, 2.45) is 5.92 Å². The largest absolute Gasteiger partial charge is 0.414 e. The number of hydrogen-bond acceptors (Lipinski definition) is 6. The molecular weight excluding hydrogens is 529 g/mol. The minimum absolute atomic E-state index is 0.141. The van der Waals surface area contributed by atoms with Crippen molar-refractivity contribution in [3.63, 3.8) is 0 Å². The Morgan fingerprint density at radius 1 is 1.23 bits per heavy atom. The van der Waals surface area contributed by atoms with Crippen molar-refractivity contribution < 1.29 is 13.6 Å². The summed E-state index contributed by atoms with van der Waals surface area (Å²) in [5.74, 6) is 0.716. The Morgan fingerprint density at radius 3 is 2.62 bits per heavy atom. The summed E-state index contributed by atoms with van der Waals surface area (Å²) in [5.41, 5.74) is 3.76. The molecule has 0 bridgehead atoms. The molecule has 3 aromatic heterocycles. The van der Waals surface area contributed by atoms with E-state index in [1.807, 2.05) is 44.4 Å². The molecule has 0 unspecified atom stereocenters. The number of carbonyl (C=O) groups is 1. The number of rotatable bonds is 8. The van der Waals surface area contributed by atoms with Crippen LogP contribution in [0.2, 0.25) is 0 Å². The molecule has 1 amide bonds. The average molecular weight is 566 g/mol. The molecule has 5 rings (SSSR count). The van der Waals surface area contributed by atoms with Crippen molar-refractivity contribution >= 4 is 34.4 Å². The molecular formula is C30H36FN5O3S. The maximum absolute atomic E-state index is 13.9. The van der Waals surface area contributed by atoms with Crippen LogP contribution in [0.25, 0.3) is 10.9 Å². The maximum atomic E-state index is 13.9. The number of amides is 1. The Kier molecular flexibility index (Phi) is 8.07. The monoisotopic (exact) mass is 565 g/mol. The van der Waals surface area contributed by atoms with Crippen LogP contribution in [0.15, 0.2) is 44.4 Å². The highest BCUT2D eigenvalue weighted by molar-refractivity contribution is 7.98. The molecule has 1 aromatic carbocycles. The Balaban J connectivity index is 1.34. The molecule has 3 N–H and O–H groups in total. The molecule has 0 spiro atoms. The molecule has 0 radical (unpaired) electrons. The highest BCUT2D eigenvalue weighted by Gasteiger charge is 2.30. The zero-order valence-corrected chi connectivity index (χ0v) is 24.4. The second-order valence-electron chi connectivity index (χ2n) is 10.7. The molecule has 10 heteroatoms. The van der Waals surface area contributed by atoms with Crippen LogP contribution in [0.5, 0.6) is 0 Å². The van der Waals surface area contributed by atoms with Crippen LogP contribution in [-0.2, 0) is 6.54 Å². The molecule has 1 aliphatic rings. The summed E-state index contributed by atoms with van der Waals surface area (Å²) >= 11 is 1.50. The lowest BCUT2D eigenvalue weighted by molar-refractivity contribution is 0.0951. The normalized spacial score (nSPS) is 18.1. The lowest BCUT2D eigenvalue weighted by Gasteiger charge is -2.34. The van der Waals surface area contributed by atoms with E-state index in [1.54, 1.807) is 6.92 Å². The summed E-state index contributed by atoms with van der Waals surface area (Å²) in [6.45, 7) is 7.86. The van der Waals surface area contributed by atoms with Crippen LogP contribution in [0, 0.1) is 32.7 Å². The van der Waals surface area contributed by atoms with E-state index >= 15 is 0 Å². The first-order valence-electron chi connectivity index (χ1n) is 13.7. The number of oxazole rings is 1. The van der Waals surface area contributed by atoms with Crippen LogP contribution in [0.3, 0.4) is 0 Å². The summed E-state index contributed by atoms with van der Waals surface area (Å²) in [4.78, 5) is 34.0. The number of fused-ring (bicyclic) bond motifs is 1. The standard InChI is InChI=1S/C30H36FN5O3S/c1-16-14-25(40-5)23(29(37)33-16)15-32-30(38)26-18(3)36(24-9-7-6-8-22(24)26)17(2)20-10-12-21(13-11-20)35-28-27(31)39-19(4)34-28/h6-9,14,17,20-21,35H,10-13,15H2,1-5H3,(H,32,38)(H,33,37)/t17-,20-,21-/m1/s1. The van der Waals surface area contributed by atoms with Gasteiger partial charge in [0.2, 0.25) is 5.82 Å². The van der Waals surface area contributed by atoms with Gasteiger partial charge in [-0.15, -0.1) is 11.8 Å². The summed E-state index contributed by atoms with van der Waals surface area (Å²) in [6.07, 6.45) is 5.66. The SMILES string of the molecule is CSc1cc(C)[nH]c(=O)c1CNC(=O)c1c(C)n([C@H](C)[C@H]2CC[C@H](Nc3nc(C)oc3F)CC2)c2ccccc12. The third-order valence-electron chi connectivity index (χ3n) is 8.15. The lowest BCUT2D eigenvalue weighted by Crippen LogP contribution is -2.30. The van der Waals surface area contributed by atoms with Gasteiger partial charge in [-0.3, -0.25) is 9.59 Å². The van der Waals surface area contributed by atoms with E-state index in [0.717, 1.165) is 52.9 Å². The molecule has 4 aromatic rings. The van der Waals surface area contributed by atoms with Crippen LogP contribution in [0.1, 0.15) is 71.8 Å². The number of nitrogens with zero attached hydrogens (tertiary/aromatic N) is 2. The van der Waals surface area contributed by atoms with Gasteiger partial charge in [0, 0.05) is 58.3 Å². The molecule has 40 heavy (non-hydrogen) atoms. The van der Waals surface area contributed by atoms with Crippen molar-refractivity contribution in [1.82, 2.24) is 19.9 Å². The molecule has 3 heterocycles. The number of pyridine rings is 1. The van der Waals surface area contributed by atoms with Gasteiger partial charge in [0.05, 0.1) is 5.56 Å². The Labute approximate surface area is 237 Å². The molecule has 0 saturated heterocycles. The number of aromatic nitrogens is 3. The van der Waals surface area contributed by atoms with Crippen molar-refractivity contribution in [1.29, 1.82) is 0 Å². The van der Waals surface area contributed by atoms with Crippen molar-refractivity contribution in [2.45, 2.75) is 76.9 Å². The predicted molar refractivity (Wildman–Crippen MR) is 157 cm³/mol. The van der Waals surface area contributed by atoms with Gasteiger partial charge < -0.3 is 24.6 Å². The number of benzene rings is 1. The topological polar surface area (TPSA) is 105 Å². The van der Waals surface area contributed by atoms with Gasteiger partial charge in [0.1, 0.15) is 0 Å². The fourth-order valence-electron chi connectivity index (χ4n) is 6.14. The van der Waals surface area contributed by atoms with Gasteiger partial charge in [-0.2, -0.15) is 9.37 Å². The quantitative estimate of drug-likeness (QED) is 0.218. The van der Waals surface area contributed by atoms with Crippen LogP contribution in [0.4, 0.5) is 10.2 Å². The van der Waals surface area contributed by atoms with Crippen LogP contribution < -0.4 is 16.2 Å². The highest BCUT2D eigenvalue weighted by atomic mass is 32.2. The third-order valence-corrected chi connectivity index (χ3v) is 8.96. The van der Waals surface area contributed by atoms with E-state index in [1.165, 1.54) is 11.8 Å². The molecule has 1 atom stereocenters. The van der Waals surface area contributed by atoms with Gasteiger partial charge >= 0.3 is 6.01 Å². The number of carbonyl (C=O) groups excluding carboxylic acids is 1.